The first-order valence-electron chi connectivity index (χ1n) is 9.54. The molecule has 8 nitrogen and oxygen atoms in total. The molecule has 0 atom stereocenters. The molecule has 1 aliphatic heterocycles. The minimum absolute atomic E-state index is 0.0280. The van der Waals surface area contributed by atoms with E-state index < -0.39 is 33.6 Å². The first-order valence-corrected chi connectivity index (χ1v) is 11.0. The summed E-state index contributed by atoms with van der Waals surface area (Å²) in [4.78, 5) is 23.9. The van der Waals surface area contributed by atoms with Crippen molar-refractivity contribution in [1.29, 1.82) is 0 Å². The van der Waals surface area contributed by atoms with Gasteiger partial charge in [-0.05, 0) is 49.4 Å². The van der Waals surface area contributed by atoms with Gasteiger partial charge in [-0.1, -0.05) is 0 Å². The first kappa shape index (κ1) is 23.5. The molecule has 0 aromatic heterocycles. The van der Waals surface area contributed by atoms with Gasteiger partial charge in [-0.25, -0.2) is 8.42 Å². The summed E-state index contributed by atoms with van der Waals surface area (Å²) in [6.07, 6.45) is -4.61. The lowest BCUT2D eigenvalue weighted by molar-refractivity contribution is -0.137. The molecular formula is C20H20F3N3O5S. The molecule has 1 heterocycles. The van der Waals surface area contributed by atoms with Gasteiger partial charge in [0.15, 0.2) is 0 Å². The average Bonchev–Trinajstić information content (AvgIpc) is 2.74. The Morgan fingerprint density at radius 1 is 1.19 bits per heavy atom. The summed E-state index contributed by atoms with van der Waals surface area (Å²) in [5.74, 6) is -1.09. The molecule has 172 valence electrons. The number of hydrogen-bond acceptors (Lipinski definition) is 5. The molecule has 2 aromatic rings. The molecule has 3 rings (SSSR count). The topological polar surface area (TPSA) is 105 Å². The SMILES string of the molecule is CCOc1ccc(C(F)(F)F)cc1NC(=O)c1ccc(S(=O)(=O)N2CCNC(=O)C2)cc1. The molecule has 2 amide bonds. The Bertz CT molecular complexity index is 1120. The van der Waals surface area contributed by atoms with Crippen LogP contribution in [-0.4, -0.2) is 50.8 Å². The number of carbonyl (C=O) groups is 2. The Balaban J connectivity index is 1.81. The second kappa shape index (κ2) is 9.17. The smallest absolute Gasteiger partial charge is 0.416 e. The van der Waals surface area contributed by atoms with Crippen molar-refractivity contribution in [3.8, 4) is 5.75 Å². The fourth-order valence-electron chi connectivity index (χ4n) is 3.03. The van der Waals surface area contributed by atoms with Gasteiger partial charge < -0.3 is 15.4 Å². The highest BCUT2D eigenvalue weighted by molar-refractivity contribution is 7.89. The largest absolute Gasteiger partial charge is 0.492 e. The second-order valence-electron chi connectivity index (χ2n) is 6.81. The Morgan fingerprint density at radius 2 is 1.88 bits per heavy atom. The van der Waals surface area contributed by atoms with E-state index in [9.17, 15) is 31.2 Å². The van der Waals surface area contributed by atoms with Gasteiger partial charge in [-0.3, -0.25) is 9.59 Å². The number of anilines is 1. The van der Waals surface area contributed by atoms with Crippen molar-refractivity contribution in [3.05, 3.63) is 53.6 Å². The number of rotatable bonds is 6. The van der Waals surface area contributed by atoms with E-state index in [4.69, 9.17) is 4.74 Å². The van der Waals surface area contributed by atoms with Crippen LogP contribution in [0.3, 0.4) is 0 Å². The van der Waals surface area contributed by atoms with Crippen LogP contribution < -0.4 is 15.4 Å². The number of benzene rings is 2. The highest BCUT2D eigenvalue weighted by Gasteiger charge is 2.32. The predicted molar refractivity (Wildman–Crippen MR) is 109 cm³/mol. The molecule has 0 bridgehead atoms. The van der Waals surface area contributed by atoms with Crippen molar-refractivity contribution < 1.29 is 35.9 Å². The Hall–Kier alpha value is -3.12. The van der Waals surface area contributed by atoms with E-state index in [2.05, 4.69) is 10.6 Å². The van der Waals surface area contributed by atoms with E-state index >= 15 is 0 Å². The summed E-state index contributed by atoms with van der Waals surface area (Å²) in [6.45, 7) is 1.83. The van der Waals surface area contributed by atoms with Gasteiger partial charge in [0.25, 0.3) is 5.91 Å². The third-order valence-corrected chi connectivity index (χ3v) is 6.47. The fraction of sp³-hybridized carbons (Fsp3) is 0.300. The number of ether oxygens (including phenoxy) is 1. The zero-order valence-electron chi connectivity index (χ0n) is 16.9. The van der Waals surface area contributed by atoms with E-state index in [1.807, 2.05) is 0 Å². The third kappa shape index (κ3) is 5.19. The maximum Gasteiger partial charge on any atom is 0.416 e. The molecule has 0 saturated carbocycles. The van der Waals surface area contributed by atoms with Crippen LogP contribution in [0.15, 0.2) is 47.4 Å². The molecule has 12 heteroatoms. The van der Waals surface area contributed by atoms with Crippen molar-refractivity contribution in [2.75, 3.05) is 31.6 Å². The molecule has 2 N–H and O–H groups in total. The van der Waals surface area contributed by atoms with Crippen LogP contribution in [0.4, 0.5) is 18.9 Å². The Morgan fingerprint density at radius 3 is 2.47 bits per heavy atom. The number of carbonyl (C=O) groups excluding carboxylic acids is 2. The third-order valence-electron chi connectivity index (χ3n) is 4.61. The van der Waals surface area contributed by atoms with Crippen LogP contribution in [0.5, 0.6) is 5.75 Å². The fourth-order valence-corrected chi connectivity index (χ4v) is 4.42. The molecule has 0 aliphatic carbocycles. The summed E-state index contributed by atoms with van der Waals surface area (Å²) in [5, 5.41) is 4.91. The van der Waals surface area contributed by atoms with Crippen LogP contribution >= 0.6 is 0 Å². The van der Waals surface area contributed by atoms with Crippen molar-refractivity contribution in [2.24, 2.45) is 0 Å². The second-order valence-corrected chi connectivity index (χ2v) is 8.75. The minimum Gasteiger partial charge on any atom is -0.492 e. The van der Waals surface area contributed by atoms with Gasteiger partial charge in [0.05, 0.1) is 29.3 Å². The number of halogens is 3. The normalized spacial score (nSPS) is 15.2. The summed E-state index contributed by atoms with van der Waals surface area (Å²) >= 11 is 0. The van der Waals surface area contributed by atoms with Crippen molar-refractivity contribution in [2.45, 2.75) is 18.0 Å². The quantitative estimate of drug-likeness (QED) is 0.674. The highest BCUT2D eigenvalue weighted by atomic mass is 32.2. The van der Waals surface area contributed by atoms with E-state index in [-0.39, 0.29) is 48.1 Å². The number of amides is 2. The van der Waals surface area contributed by atoms with Crippen LogP contribution in [0.2, 0.25) is 0 Å². The first-order chi connectivity index (χ1) is 15.0. The van der Waals surface area contributed by atoms with E-state index in [0.717, 1.165) is 22.5 Å². The van der Waals surface area contributed by atoms with Gasteiger partial charge >= 0.3 is 6.18 Å². The molecule has 1 fully saturated rings. The van der Waals surface area contributed by atoms with Crippen LogP contribution in [-0.2, 0) is 21.0 Å². The van der Waals surface area contributed by atoms with Gasteiger partial charge in [-0.15, -0.1) is 0 Å². The molecule has 0 spiro atoms. The predicted octanol–water partition coefficient (Wildman–Crippen LogP) is 2.48. The molecule has 0 unspecified atom stereocenters. The van der Waals surface area contributed by atoms with Crippen LogP contribution in [0.1, 0.15) is 22.8 Å². The number of nitrogens with zero attached hydrogens (tertiary/aromatic N) is 1. The average molecular weight is 471 g/mol. The number of piperazine rings is 1. The number of hydrogen-bond donors (Lipinski definition) is 2. The summed E-state index contributed by atoms with van der Waals surface area (Å²) < 4.78 is 70.8. The van der Waals surface area contributed by atoms with Crippen molar-refractivity contribution in [3.63, 3.8) is 0 Å². The highest BCUT2D eigenvalue weighted by Crippen LogP contribution is 2.35. The summed E-state index contributed by atoms with van der Waals surface area (Å²) in [7, 11) is -3.94. The Kier molecular flexibility index (Phi) is 6.74. The Labute approximate surface area is 182 Å². The molecule has 1 aliphatic rings. The van der Waals surface area contributed by atoms with E-state index in [1.165, 1.54) is 24.3 Å². The monoisotopic (exact) mass is 471 g/mol. The molecule has 2 aromatic carbocycles. The number of alkyl halides is 3. The van der Waals surface area contributed by atoms with Gasteiger partial charge in [0, 0.05) is 18.7 Å². The van der Waals surface area contributed by atoms with Crippen molar-refractivity contribution in [1.82, 2.24) is 9.62 Å². The molecular weight excluding hydrogens is 451 g/mol. The zero-order valence-corrected chi connectivity index (χ0v) is 17.7. The summed E-state index contributed by atoms with van der Waals surface area (Å²) in [5.41, 5.74) is -1.09. The standard InChI is InChI=1S/C20H20F3N3O5S/c1-2-31-17-8-5-14(20(21,22)23)11-16(17)25-19(28)13-3-6-15(7-4-13)32(29,30)26-10-9-24-18(27)12-26/h3-8,11H,2,9-10,12H2,1H3,(H,24,27)(H,25,28). The van der Waals surface area contributed by atoms with Gasteiger partial charge in [-0.2, -0.15) is 17.5 Å². The summed E-state index contributed by atoms with van der Waals surface area (Å²) in [6, 6.07) is 7.61. The lowest BCUT2D eigenvalue weighted by atomic mass is 10.1. The molecule has 0 radical (unpaired) electrons. The number of nitrogens with one attached hydrogen (secondary N) is 2. The van der Waals surface area contributed by atoms with Crippen LogP contribution in [0.25, 0.3) is 0 Å². The number of sulfonamides is 1. The maximum atomic E-state index is 13.0. The van der Waals surface area contributed by atoms with Crippen LogP contribution in [0, 0.1) is 0 Å². The zero-order chi connectivity index (χ0) is 23.5. The maximum absolute atomic E-state index is 13.0. The lowest BCUT2D eigenvalue weighted by Gasteiger charge is -2.25. The van der Waals surface area contributed by atoms with Gasteiger partial charge in [0.1, 0.15) is 5.75 Å². The van der Waals surface area contributed by atoms with Gasteiger partial charge in [0.2, 0.25) is 15.9 Å². The van der Waals surface area contributed by atoms with E-state index in [0.29, 0.717) is 0 Å². The van der Waals surface area contributed by atoms with E-state index in [1.54, 1.807) is 6.92 Å². The lowest BCUT2D eigenvalue weighted by Crippen LogP contribution is -2.49. The molecule has 1 saturated heterocycles. The minimum atomic E-state index is -4.61. The van der Waals surface area contributed by atoms with Crippen molar-refractivity contribution >= 4 is 27.5 Å². The molecule has 32 heavy (non-hydrogen) atoms.